The average Bonchev–Trinajstić information content (AvgIpc) is 2.84. The molecule has 1 aromatic heterocycles. The van der Waals surface area contributed by atoms with Gasteiger partial charge in [-0.2, -0.15) is 0 Å². The zero-order valence-electron chi connectivity index (χ0n) is 19.6. The molecule has 0 saturated heterocycles. The van der Waals surface area contributed by atoms with Gasteiger partial charge in [0.1, 0.15) is 17.1 Å². The SMILES string of the molecule is CCOc1ccc2oc(-c3ccc(OC)c(OC)c3)cc(=Nc3ccc(N(C)C)cc3)c2c1. The van der Waals surface area contributed by atoms with Crippen LogP contribution >= 0.6 is 0 Å². The van der Waals surface area contributed by atoms with Gasteiger partial charge in [-0.05, 0) is 67.6 Å². The molecule has 0 unspecified atom stereocenters. The zero-order valence-corrected chi connectivity index (χ0v) is 19.6. The number of hydrogen-bond acceptors (Lipinski definition) is 6. The normalized spacial score (nSPS) is 11.5. The van der Waals surface area contributed by atoms with E-state index in [1.807, 2.05) is 75.6 Å². The second-order valence-electron chi connectivity index (χ2n) is 7.68. The van der Waals surface area contributed by atoms with Gasteiger partial charge < -0.3 is 23.5 Å². The lowest BCUT2D eigenvalue weighted by Crippen LogP contribution is -2.08. The summed E-state index contributed by atoms with van der Waals surface area (Å²) >= 11 is 0. The minimum Gasteiger partial charge on any atom is -0.494 e. The summed E-state index contributed by atoms with van der Waals surface area (Å²) in [7, 11) is 7.27. The van der Waals surface area contributed by atoms with Crippen molar-refractivity contribution in [3.63, 3.8) is 0 Å². The van der Waals surface area contributed by atoms with E-state index in [4.69, 9.17) is 23.6 Å². The van der Waals surface area contributed by atoms with Gasteiger partial charge in [-0.25, -0.2) is 4.99 Å². The van der Waals surface area contributed by atoms with Crippen LogP contribution in [-0.4, -0.2) is 34.9 Å². The summed E-state index contributed by atoms with van der Waals surface area (Å²) in [5, 5.41) is 1.67. The molecule has 0 radical (unpaired) electrons. The lowest BCUT2D eigenvalue weighted by molar-refractivity contribution is 0.340. The highest BCUT2D eigenvalue weighted by molar-refractivity contribution is 5.80. The Labute approximate surface area is 193 Å². The summed E-state index contributed by atoms with van der Waals surface area (Å²) in [5.74, 6) is 2.75. The molecule has 1 heterocycles. The molecule has 3 aromatic carbocycles. The molecule has 4 aromatic rings. The number of benzene rings is 3. The van der Waals surface area contributed by atoms with Crippen molar-refractivity contribution in [1.82, 2.24) is 0 Å². The maximum absolute atomic E-state index is 6.26. The van der Waals surface area contributed by atoms with E-state index in [0.717, 1.165) is 39.0 Å². The maximum atomic E-state index is 6.26. The van der Waals surface area contributed by atoms with Crippen LogP contribution in [0.15, 0.2) is 76.1 Å². The van der Waals surface area contributed by atoms with Crippen LogP contribution in [0.4, 0.5) is 11.4 Å². The van der Waals surface area contributed by atoms with Crippen molar-refractivity contribution in [2.45, 2.75) is 6.92 Å². The fourth-order valence-corrected chi connectivity index (χ4v) is 3.59. The molecule has 0 aliphatic heterocycles. The van der Waals surface area contributed by atoms with Gasteiger partial charge in [0, 0.05) is 36.8 Å². The van der Waals surface area contributed by atoms with Crippen molar-refractivity contribution < 1.29 is 18.6 Å². The Bertz CT molecular complexity index is 1320. The van der Waals surface area contributed by atoms with Crippen LogP contribution in [0.2, 0.25) is 0 Å². The highest BCUT2D eigenvalue weighted by atomic mass is 16.5. The summed E-state index contributed by atoms with van der Waals surface area (Å²) < 4.78 is 22.8. The molecule has 6 nitrogen and oxygen atoms in total. The topological polar surface area (TPSA) is 56.4 Å². The summed E-state index contributed by atoms with van der Waals surface area (Å²) in [5.41, 5.74) is 3.55. The number of nitrogens with zero attached hydrogens (tertiary/aromatic N) is 2. The molecule has 0 bridgehead atoms. The Kier molecular flexibility index (Phi) is 6.54. The van der Waals surface area contributed by atoms with Crippen LogP contribution in [0.5, 0.6) is 17.2 Å². The molecule has 0 N–H and O–H groups in total. The molecule has 170 valence electrons. The predicted octanol–water partition coefficient (Wildman–Crippen LogP) is 5.81. The molecule has 0 atom stereocenters. The molecular weight excluding hydrogens is 416 g/mol. The average molecular weight is 445 g/mol. The maximum Gasteiger partial charge on any atom is 0.161 e. The van der Waals surface area contributed by atoms with Gasteiger partial charge in [0.2, 0.25) is 0 Å². The standard InChI is InChI=1S/C27H28N2O4/c1-6-32-21-12-14-24-22(16-21)23(28-19-8-10-20(11-9-19)29(2)3)17-26(33-24)18-7-13-25(30-4)27(15-18)31-5/h7-17H,6H2,1-5H3. The highest BCUT2D eigenvalue weighted by Gasteiger charge is 2.11. The summed E-state index contributed by atoms with van der Waals surface area (Å²) in [6, 6.07) is 21.5. The van der Waals surface area contributed by atoms with Crippen LogP contribution in [0.1, 0.15) is 6.92 Å². The van der Waals surface area contributed by atoms with Gasteiger partial charge in [-0.15, -0.1) is 0 Å². The van der Waals surface area contributed by atoms with E-state index in [-0.39, 0.29) is 0 Å². The number of rotatable bonds is 7. The highest BCUT2D eigenvalue weighted by Crippen LogP contribution is 2.33. The molecule has 0 fully saturated rings. The van der Waals surface area contributed by atoms with Crippen molar-refractivity contribution >= 4 is 22.3 Å². The van der Waals surface area contributed by atoms with E-state index in [9.17, 15) is 0 Å². The number of ether oxygens (including phenoxy) is 3. The minimum absolute atomic E-state index is 0.588. The number of anilines is 1. The Morgan fingerprint density at radius 1 is 0.848 bits per heavy atom. The van der Waals surface area contributed by atoms with Gasteiger partial charge in [-0.1, -0.05) is 0 Å². The van der Waals surface area contributed by atoms with E-state index >= 15 is 0 Å². The van der Waals surface area contributed by atoms with Gasteiger partial charge in [0.25, 0.3) is 0 Å². The first-order chi connectivity index (χ1) is 16.0. The second-order valence-corrected chi connectivity index (χ2v) is 7.68. The quantitative estimate of drug-likeness (QED) is 0.360. The third-order valence-corrected chi connectivity index (χ3v) is 5.31. The van der Waals surface area contributed by atoms with Crippen LogP contribution in [-0.2, 0) is 0 Å². The second kappa shape index (κ2) is 9.69. The molecule has 0 aliphatic carbocycles. The van der Waals surface area contributed by atoms with Gasteiger partial charge in [0.15, 0.2) is 11.5 Å². The van der Waals surface area contributed by atoms with Crippen LogP contribution < -0.4 is 24.5 Å². The molecule has 0 saturated carbocycles. The van der Waals surface area contributed by atoms with Crippen LogP contribution in [0.25, 0.3) is 22.3 Å². The molecule has 0 spiro atoms. The zero-order chi connectivity index (χ0) is 23.4. The van der Waals surface area contributed by atoms with Crippen molar-refractivity contribution in [2.75, 3.05) is 39.8 Å². The van der Waals surface area contributed by atoms with E-state index in [2.05, 4.69) is 17.0 Å². The predicted molar refractivity (Wildman–Crippen MR) is 132 cm³/mol. The molecular formula is C27H28N2O4. The minimum atomic E-state index is 0.588. The smallest absolute Gasteiger partial charge is 0.161 e. The number of hydrogen-bond donors (Lipinski definition) is 0. The molecule has 0 amide bonds. The summed E-state index contributed by atoms with van der Waals surface area (Å²) in [6.45, 7) is 2.55. The van der Waals surface area contributed by atoms with Crippen molar-refractivity contribution in [1.29, 1.82) is 0 Å². The third kappa shape index (κ3) is 4.80. The van der Waals surface area contributed by atoms with E-state index in [1.165, 1.54) is 0 Å². The lowest BCUT2D eigenvalue weighted by Gasteiger charge is -2.12. The van der Waals surface area contributed by atoms with Gasteiger partial charge >= 0.3 is 0 Å². The third-order valence-electron chi connectivity index (χ3n) is 5.31. The largest absolute Gasteiger partial charge is 0.494 e. The fraction of sp³-hybridized carbons (Fsp3) is 0.222. The first-order valence-electron chi connectivity index (χ1n) is 10.8. The first-order valence-corrected chi connectivity index (χ1v) is 10.8. The number of methoxy groups -OCH3 is 2. The first kappa shape index (κ1) is 22.3. The van der Waals surface area contributed by atoms with Crippen LogP contribution in [0.3, 0.4) is 0 Å². The van der Waals surface area contributed by atoms with Crippen molar-refractivity contribution in [3.05, 3.63) is 72.1 Å². The lowest BCUT2D eigenvalue weighted by atomic mass is 10.1. The van der Waals surface area contributed by atoms with E-state index in [1.54, 1.807) is 14.2 Å². The van der Waals surface area contributed by atoms with Crippen LogP contribution in [0, 0.1) is 0 Å². The molecule has 0 aliphatic rings. The fourth-order valence-electron chi connectivity index (χ4n) is 3.59. The van der Waals surface area contributed by atoms with Gasteiger partial charge in [0.05, 0.1) is 31.9 Å². The van der Waals surface area contributed by atoms with Gasteiger partial charge in [-0.3, -0.25) is 0 Å². The molecule has 6 heteroatoms. The summed E-state index contributed by atoms with van der Waals surface area (Å²) in [4.78, 5) is 7.00. The molecule has 4 rings (SSSR count). The number of fused-ring (bicyclic) bond motifs is 1. The monoisotopic (exact) mass is 444 g/mol. The van der Waals surface area contributed by atoms with Crippen molar-refractivity contribution in [3.8, 4) is 28.6 Å². The Morgan fingerprint density at radius 2 is 1.61 bits per heavy atom. The van der Waals surface area contributed by atoms with E-state index < -0.39 is 0 Å². The molecule has 33 heavy (non-hydrogen) atoms. The Morgan fingerprint density at radius 3 is 2.27 bits per heavy atom. The Hall–Kier alpha value is -3.93. The Balaban J connectivity index is 1.91. The van der Waals surface area contributed by atoms with E-state index in [0.29, 0.717) is 23.9 Å². The summed E-state index contributed by atoms with van der Waals surface area (Å²) in [6.07, 6.45) is 0. The van der Waals surface area contributed by atoms with Crippen molar-refractivity contribution in [2.24, 2.45) is 4.99 Å².